The second kappa shape index (κ2) is 47.1. The van der Waals surface area contributed by atoms with E-state index in [1.165, 1.54) is 0 Å². The van der Waals surface area contributed by atoms with Gasteiger partial charge in [-0.05, 0) is 96.3 Å². The Kier molecular flexibility index (Phi) is 42.0. The number of carboxylic acid groups (broad SMARTS) is 1. The maximum Gasteiger partial charge on any atom is 0.335 e. The zero-order valence-corrected chi connectivity index (χ0v) is 43.8. The third kappa shape index (κ3) is 37.5. The second-order valence-corrected chi connectivity index (χ2v) is 16.7. The molecule has 1 rings (SSSR count). The van der Waals surface area contributed by atoms with Crippen LogP contribution in [-0.2, 0) is 42.9 Å². The maximum absolute atomic E-state index is 13.0. The van der Waals surface area contributed by atoms with Crippen LogP contribution in [0.1, 0.15) is 136 Å². The lowest BCUT2D eigenvalue weighted by molar-refractivity contribution is -0.301. The van der Waals surface area contributed by atoms with Crippen molar-refractivity contribution in [2.75, 3.05) is 13.2 Å². The Labute approximate surface area is 437 Å². The fraction of sp³-hybridized carbons (Fsp3) is 0.475. The Hall–Kier alpha value is -5.92. The third-order valence-electron chi connectivity index (χ3n) is 10.3. The van der Waals surface area contributed by atoms with Gasteiger partial charge in [0.2, 0.25) is 0 Å². The second-order valence-electron chi connectivity index (χ2n) is 16.7. The number of carbonyl (C=O) groups excluding carboxylic acids is 3. The van der Waals surface area contributed by atoms with Gasteiger partial charge in [0.1, 0.15) is 18.8 Å². The van der Waals surface area contributed by atoms with E-state index in [1.807, 2.05) is 48.6 Å². The van der Waals surface area contributed by atoms with E-state index in [4.69, 9.17) is 23.7 Å². The van der Waals surface area contributed by atoms with Gasteiger partial charge in [0.25, 0.3) is 0 Å². The minimum Gasteiger partial charge on any atom is -0.479 e. The van der Waals surface area contributed by atoms with Crippen molar-refractivity contribution in [1.82, 2.24) is 0 Å². The fourth-order valence-corrected chi connectivity index (χ4v) is 6.47. The molecule has 3 N–H and O–H groups in total. The number of carboxylic acids is 1. The van der Waals surface area contributed by atoms with Gasteiger partial charge in [0.15, 0.2) is 24.6 Å². The molecule has 1 heterocycles. The molecule has 1 aliphatic heterocycles. The third-order valence-corrected chi connectivity index (χ3v) is 10.3. The Morgan fingerprint density at radius 2 is 0.808 bits per heavy atom. The number of esters is 3. The molecule has 0 aromatic carbocycles. The highest BCUT2D eigenvalue weighted by Crippen LogP contribution is 2.26. The first kappa shape index (κ1) is 65.1. The SMILES string of the molecule is CC/C=C\C/C=C\C/C=C\C/C=C\C/C=C\CC(=O)OCC(COC1OC(C(=O)O)C(O)C(O)C1OC(=O)C/C=C\C/C=C\C/C=C\C/C=C\C/C=C\CC)OC(=O)CC/C=C\C/C=C\C/C=C\C/C=C\CC. The first-order chi connectivity index (χ1) is 35.6. The normalized spacial score (nSPS) is 19.7. The average Bonchev–Trinajstić information content (AvgIpc) is 3.37. The minimum atomic E-state index is -1.97. The zero-order valence-electron chi connectivity index (χ0n) is 43.8. The number of aliphatic carboxylic acids is 1. The molecular formula is C61H86O12. The van der Waals surface area contributed by atoms with Crippen LogP contribution in [0, 0.1) is 0 Å². The molecule has 0 aliphatic carbocycles. The van der Waals surface area contributed by atoms with Crippen molar-refractivity contribution in [3.8, 4) is 0 Å². The van der Waals surface area contributed by atoms with E-state index < -0.39 is 73.9 Å². The predicted molar refractivity (Wildman–Crippen MR) is 293 cm³/mol. The summed E-state index contributed by atoms with van der Waals surface area (Å²) in [7, 11) is 0. The van der Waals surface area contributed by atoms with E-state index in [0.29, 0.717) is 25.7 Å². The van der Waals surface area contributed by atoms with Gasteiger partial charge in [-0.1, -0.05) is 191 Å². The van der Waals surface area contributed by atoms with Crippen molar-refractivity contribution in [1.29, 1.82) is 0 Å². The summed E-state index contributed by atoms with van der Waals surface area (Å²) < 4.78 is 27.9. The van der Waals surface area contributed by atoms with Crippen LogP contribution in [-0.4, -0.2) is 89.2 Å². The van der Waals surface area contributed by atoms with E-state index in [-0.39, 0.29) is 19.3 Å². The highest BCUT2D eigenvalue weighted by Gasteiger charge is 2.50. The Bertz CT molecular complexity index is 1920. The van der Waals surface area contributed by atoms with Crippen molar-refractivity contribution in [2.45, 2.75) is 173 Å². The van der Waals surface area contributed by atoms with Crippen LogP contribution in [0.15, 0.2) is 170 Å². The van der Waals surface area contributed by atoms with Crippen molar-refractivity contribution in [3.05, 3.63) is 170 Å². The fourth-order valence-electron chi connectivity index (χ4n) is 6.47. The molecule has 0 amide bonds. The van der Waals surface area contributed by atoms with Gasteiger partial charge >= 0.3 is 23.9 Å². The number of carbonyl (C=O) groups is 4. The Balaban J connectivity index is 2.90. The molecule has 73 heavy (non-hydrogen) atoms. The molecule has 6 atom stereocenters. The van der Waals surface area contributed by atoms with Gasteiger partial charge < -0.3 is 39.0 Å². The smallest absolute Gasteiger partial charge is 0.335 e. The summed E-state index contributed by atoms with van der Waals surface area (Å²) in [6.45, 7) is 5.39. The number of rotatable bonds is 40. The monoisotopic (exact) mass is 1010 g/mol. The summed E-state index contributed by atoms with van der Waals surface area (Å²) in [5.74, 6) is -3.60. The van der Waals surface area contributed by atoms with Gasteiger partial charge in [0, 0.05) is 6.42 Å². The molecule has 1 saturated heterocycles. The van der Waals surface area contributed by atoms with Gasteiger partial charge in [-0.25, -0.2) is 4.79 Å². The molecule has 6 unspecified atom stereocenters. The molecule has 0 spiro atoms. The molecule has 0 bridgehead atoms. The molecular weight excluding hydrogens is 925 g/mol. The lowest BCUT2D eigenvalue weighted by Gasteiger charge is -2.40. The summed E-state index contributed by atoms with van der Waals surface area (Å²) in [5.41, 5.74) is 0. The van der Waals surface area contributed by atoms with E-state index in [0.717, 1.165) is 70.6 Å². The van der Waals surface area contributed by atoms with Crippen molar-refractivity contribution >= 4 is 23.9 Å². The van der Waals surface area contributed by atoms with E-state index >= 15 is 0 Å². The number of hydrogen-bond donors (Lipinski definition) is 3. The van der Waals surface area contributed by atoms with Crippen molar-refractivity contribution < 1.29 is 58.2 Å². The van der Waals surface area contributed by atoms with E-state index in [2.05, 4.69) is 124 Å². The number of hydrogen-bond acceptors (Lipinski definition) is 11. The summed E-state index contributed by atoms with van der Waals surface area (Å²) in [6.07, 6.45) is 58.4. The summed E-state index contributed by atoms with van der Waals surface area (Å²) in [5, 5.41) is 31.3. The Morgan fingerprint density at radius 1 is 0.452 bits per heavy atom. The number of aliphatic hydroxyl groups excluding tert-OH is 2. The number of ether oxygens (including phenoxy) is 5. The molecule has 1 fully saturated rings. The molecule has 402 valence electrons. The highest BCUT2D eigenvalue weighted by atomic mass is 16.7. The van der Waals surface area contributed by atoms with Gasteiger partial charge in [-0.3, -0.25) is 14.4 Å². The molecule has 0 aromatic heterocycles. The van der Waals surface area contributed by atoms with Crippen LogP contribution in [0.2, 0.25) is 0 Å². The molecule has 0 aromatic rings. The highest BCUT2D eigenvalue weighted by molar-refractivity contribution is 5.74. The van der Waals surface area contributed by atoms with Crippen LogP contribution in [0.3, 0.4) is 0 Å². The molecule has 1 aliphatic rings. The van der Waals surface area contributed by atoms with Crippen LogP contribution >= 0.6 is 0 Å². The quantitative estimate of drug-likeness (QED) is 0.0301. The Morgan fingerprint density at radius 3 is 1.19 bits per heavy atom. The summed E-state index contributed by atoms with van der Waals surface area (Å²) in [6, 6.07) is 0. The van der Waals surface area contributed by atoms with Gasteiger partial charge in [0.05, 0.1) is 19.4 Å². The predicted octanol–water partition coefficient (Wildman–Crippen LogP) is 12.8. The first-order valence-electron chi connectivity index (χ1n) is 26.1. The topological polar surface area (TPSA) is 175 Å². The van der Waals surface area contributed by atoms with E-state index in [1.54, 1.807) is 18.2 Å². The van der Waals surface area contributed by atoms with Crippen LogP contribution in [0.25, 0.3) is 0 Å². The van der Waals surface area contributed by atoms with Crippen LogP contribution < -0.4 is 0 Å². The number of allylic oxidation sites excluding steroid dienone is 26. The molecule has 0 saturated carbocycles. The lowest BCUT2D eigenvalue weighted by Crippen LogP contribution is -2.61. The molecule has 0 radical (unpaired) electrons. The zero-order chi connectivity index (χ0) is 53.3. The molecule has 12 heteroatoms. The summed E-state index contributed by atoms with van der Waals surface area (Å²) >= 11 is 0. The van der Waals surface area contributed by atoms with E-state index in [9.17, 15) is 34.5 Å². The van der Waals surface area contributed by atoms with Crippen molar-refractivity contribution in [3.63, 3.8) is 0 Å². The standard InChI is InChI=1S/C61H86O12/c1-4-7-10-13-16-19-22-25-27-30-32-35-38-41-44-47-53(62)69-50-52(71-54(63)48-45-42-39-36-33-29-24-21-18-15-12-9-6-3)51-70-61-59(57(66)56(65)58(73-61)60(67)68)72-55(64)49-46-43-40-37-34-31-28-26-23-20-17-14-11-8-5-2/h7-12,16-21,25-29,32-35,37,39,41-44,46,52,56-59,61,65-66H,4-6,13-15,22-24,30-31,36,38,40,45,47-51H2,1-3H3,(H,67,68)/b10-7-,11-8-,12-9-,19-16-,20-17-,21-18-,27-25-,28-26-,33-29-,35-32-,37-34-,42-39-,44-41-,46-43-. The molecule has 12 nitrogen and oxygen atoms in total. The van der Waals surface area contributed by atoms with Crippen LogP contribution in [0.4, 0.5) is 0 Å². The maximum atomic E-state index is 13.0. The lowest BCUT2D eigenvalue weighted by atomic mass is 9.98. The first-order valence-corrected chi connectivity index (χ1v) is 26.1. The van der Waals surface area contributed by atoms with Crippen molar-refractivity contribution in [2.24, 2.45) is 0 Å². The average molecular weight is 1010 g/mol. The largest absolute Gasteiger partial charge is 0.479 e. The number of aliphatic hydroxyl groups is 2. The van der Waals surface area contributed by atoms with Gasteiger partial charge in [-0.2, -0.15) is 0 Å². The minimum absolute atomic E-state index is 0.000668. The van der Waals surface area contributed by atoms with Gasteiger partial charge in [-0.15, -0.1) is 0 Å². The van der Waals surface area contributed by atoms with Crippen LogP contribution in [0.5, 0.6) is 0 Å². The summed E-state index contributed by atoms with van der Waals surface area (Å²) in [4.78, 5) is 50.7.